The lowest BCUT2D eigenvalue weighted by Gasteiger charge is -2.28. The second-order valence-corrected chi connectivity index (χ2v) is 9.68. The van der Waals surface area contributed by atoms with Crippen LogP contribution in [-0.2, 0) is 9.47 Å². The first-order chi connectivity index (χ1) is 18.8. The van der Waals surface area contributed by atoms with E-state index in [0.717, 1.165) is 32.7 Å². The summed E-state index contributed by atoms with van der Waals surface area (Å²) in [4.78, 5) is 28.2. The van der Waals surface area contributed by atoms with Gasteiger partial charge in [-0.3, -0.25) is 4.79 Å². The van der Waals surface area contributed by atoms with Gasteiger partial charge < -0.3 is 35.6 Å². The molecule has 2 aliphatic rings. The largest absolute Gasteiger partial charge is 0.377 e. The molecular weight excluding hydrogens is 484 g/mol. The molecule has 1 amide bonds. The zero-order valence-corrected chi connectivity index (χ0v) is 22.3. The summed E-state index contributed by atoms with van der Waals surface area (Å²) < 4.78 is 11.2. The number of hydrogen-bond donors (Lipinski definition) is 4. The number of amides is 1. The first-order valence-corrected chi connectivity index (χ1v) is 14.0. The van der Waals surface area contributed by atoms with Crippen LogP contribution in [0.3, 0.4) is 0 Å². The van der Waals surface area contributed by atoms with Gasteiger partial charge in [-0.05, 0) is 30.9 Å². The average molecular weight is 527 g/mol. The molecule has 2 fully saturated rings. The fourth-order valence-corrected chi connectivity index (χ4v) is 4.64. The second kappa shape index (κ2) is 16.1. The zero-order valence-electron chi connectivity index (χ0n) is 22.3. The molecular formula is C27H42N8O3. The number of piperazine rings is 1. The van der Waals surface area contributed by atoms with Gasteiger partial charge in [0.2, 0.25) is 17.8 Å². The summed E-state index contributed by atoms with van der Waals surface area (Å²) in [6.45, 7) is 7.45. The van der Waals surface area contributed by atoms with E-state index in [-0.39, 0.29) is 5.91 Å². The van der Waals surface area contributed by atoms with Crippen LogP contribution < -0.4 is 26.2 Å². The SMILES string of the molecule is O=C(NCCOCCOCCNc1nc(NCC2CCCCC2)nc(N2CCNCC2)n1)c1ccccc1. The summed E-state index contributed by atoms with van der Waals surface area (Å²) in [5.41, 5.74) is 0.647. The molecule has 0 unspecified atom stereocenters. The van der Waals surface area contributed by atoms with Crippen molar-refractivity contribution in [2.45, 2.75) is 32.1 Å². The van der Waals surface area contributed by atoms with Gasteiger partial charge in [-0.25, -0.2) is 0 Å². The van der Waals surface area contributed by atoms with Gasteiger partial charge >= 0.3 is 0 Å². The van der Waals surface area contributed by atoms with Crippen molar-refractivity contribution >= 4 is 23.8 Å². The highest BCUT2D eigenvalue weighted by molar-refractivity contribution is 5.94. The minimum atomic E-state index is -0.0951. The quantitative estimate of drug-likeness (QED) is 0.257. The molecule has 0 bridgehead atoms. The molecule has 0 atom stereocenters. The number of nitrogens with zero attached hydrogens (tertiary/aromatic N) is 4. The number of nitrogens with one attached hydrogen (secondary N) is 4. The van der Waals surface area contributed by atoms with Crippen LogP contribution in [0.1, 0.15) is 42.5 Å². The summed E-state index contributed by atoms with van der Waals surface area (Å²) in [5, 5.41) is 13.0. The van der Waals surface area contributed by atoms with Crippen LogP contribution in [0.2, 0.25) is 0 Å². The molecule has 1 aliphatic heterocycles. The molecule has 1 aromatic heterocycles. The minimum Gasteiger partial charge on any atom is -0.377 e. The predicted octanol–water partition coefficient (Wildman–Crippen LogP) is 2.15. The number of aromatic nitrogens is 3. The maximum absolute atomic E-state index is 12.0. The Morgan fingerprint density at radius 2 is 1.55 bits per heavy atom. The third kappa shape index (κ3) is 9.70. The van der Waals surface area contributed by atoms with Crippen molar-refractivity contribution in [3.05, 3.63) is 35.9 Å². The molecule has 1 aliphatic carbocycles. The van der Waals surface area contributed by atoms with Crippen molar-refractivity contribution in [2.75, 3.05) is 87.8 Å². The Bertz CT molecular complexity index is 953. The fraction of sp³-hybridized carbons (Fsp3) is 0.630. The smallest absolute Gasteiger partial charge is 0.251 e. The highest BCUT2D eigenvalue weighted by Crippen LogP contribution is 2.24. The predicted molar refractivity (Wildman–Crippen MR) is 149 cm³/mol. The van der Waals surface area contributed by atoms with E-state index >= 15 is 0 Å². The summed E-state index contributed by atoms with van der Waals surface area (Å²) in [6, 6.07) is 9.15. The summed E-state index contributed by atoms with van der Waals surface area (Å²) in [6.07, 6.45) is 6.54. The Kier molecular flexibility index (Phi) is 11.8. The van der Waals surface area contributed by atoms with Gasteiger partial charge in [-0.15, -0.1) is 0 Å². The number of hydrogen-bond acceptors (Lipinski definition) is 10. The van der Waals surface area contributed by atoms with Crippen molar-refractivity contribution in [2.24, 2.45) is 5.92 Å². The summed E-state index contributed by atoms with van der Waals surface area (Å²) in [7, 11) is 0. The molecule has 0 spiro atoms. The van der Waals surface area contributed by atoms with E-state index in [1.165, 1.54) is 32.1 Å². The van der Waals surface area contributed by atoms with E-state index in [1.54, 1.807) is 12.1 Å². The average Bonchev–Trinajstić information content (AvgIpc) is 2.98. The third-order valence-electron chi connectivity index (χ3n) is 6.77. The minimum absolute atomic E-state index is 0.0951. The number of rotatable bonds is 15. The maximum atomic E-state index is 12.0. The van der Waals surface area contributed by atoms with Crippen molar-refractivity contribution in [1.82, 2.24) is 25.6 Å². The molecule has 11 heteroatoms. The van der Waals surface area contributed by atoms with Crippen LogP contribution in [0.5, 0.6) is 0 Å². The molecule has 2 heterocycles. The Labute approximate surface area is 225 Å². The molecule has 1 saturated carbocycles. The number of anilines is 3. The van der Waals surface area contributed by atoms with Crippen LogP contribution in [-0.4, -0.2) is 93.1 Å². The van der Waals surface area contributed by atoms with E-state index in [1.807, 2.05) is 18.2 Å². The molecule has 208 valence electrons. The van der Waals surface area contributed by atoms with Gasteiger partial charge in [0.05, 0.1) is 26.4 Å². The standard InChI is InChI=1S/C27H42N8O3/c36-24(23-9-5-2-6-10-23)29-13-17-37-19-20-38-18-14-30-25-32-26(31-21-22-7-3-1-4-8-22)34-27(33-25)35-15-11-28-12-16-35/h2,5-6,9-10,22,28H,1,3-4,7-8,11-21H2,(H,29,36)(H2,30,31,32,33,34). The molecule has 1 saturated heterocycles. The molecule has 4 rings (SSSR count). The van der Waals surface area contributed by atoms with Crippen LogP contribution in [0.25, 0.3) is 0 Å². The normalized spacial score (nSPS) is 16.3. The lowest BCUT2D eigenvalue weighted by atomic mass is 9.89. The van der Waals surface area contributed by atoms with Crippen LogP contribution in [0.15, 0.2) is 30.3 Å². The van der Waals surface area contributed by atoms with Gasteiger partial charge in [0, 0.05) is 51.4 Å². The summed E-state index contributed by atoms with van der Waals surface area (Å²) >= 11 is 0. The Balaban J connectivity index is 1.13. The molecule has 2 aromatic rings. The van der Waals surface area contributed by atoms with Crippen molar-refractivity contribution in [3.63, 3.8) is 0 Å². The van der Waals surface area contributed by atoms with E-state index in [4.69, 9.17) is 14.5 Å². The van der Waals surface area contributed by atoms with Gasteiger partial charge in [-0.1, -0.05) is 37.5 Å². The third-order valence-corrected chi connectivity index (χ3v) is 6.77. The molecule has 11 nitrogen and oxygen atoms in total. The van der Waals surface area contributed by atoms with Gasteiger partial charge in [0.25, 0.3) is 5.91 Å². The van der Waals surface area contributed by atoms with E-state index < -0.39 is 0 Å². The Morgan fingerprint density at radius 1 is 0.868 bits per heavy atom. The van der Waals surface area contributed by atoms with Crippen molar-refractivity contribution < 1.29 is 14.3 Å². The van der Waals surface area contributed by atoms with Gasteiger partial charge in [0.15, 0.2) is 0 Å². The summed E-state index contributed by atoms with van der Waals surface area (Å²) in [5.74, 6) is 2.51. The fourth-order valence-electron chi connectivity index (χ4n) is 4.64. The number of ether oxygens (including phenoxy) is 2. The van der Waals surface area contributed by atoms with Crippen LogP contribution in [0, 0.1) is 5.92 Å². The van der Waals surface area contributed by atoms with Crippen molar-refractivity contribution in [3.8, 4) is 0 Å². The lowest BCUT2D eigenvalue weighted by molar-refractivity contribution is 0.0519. The maximum Gasteiger partial charge on any atom is 0.251 e. The highest BCUT2D eigenvalue weighted by Gasteiger charge is 2.18. The second-order valence-electron chi connectivity index (χ2n) is 9.68. The lowest BCUT2D eigenvalue weighted by Crippen LogP contribution is -2.44. The van der Waals surface area contributed by atoms with Crippen LogP contribution >= 0.6 is 0 Å². The molecule has 1 aromatic carbocycles. The van der Waals surface area contributed by atoms with E-state index in [2.05, 4.69) is 36.1 Å². The first kappa shape index (κ1) is 28.0. The Morgan fingerprint density at radius 3 is 2.29 bits per heavy atom. The number of benzene rings is 1. The molecule has 4 N–H and O–H groups in total. The topological polar surface area (TPSA) is 126 Å². The highest BCUT2D eigenvalue weighted by atomic mass is 16.5. The van der Waals surface area contributed by atoms with E-state index in [0.29, 0.717) is 68.8 Å². The zero-order chi connectivity index (χ0) is 26.3. The first-order valence-electron chi connectivity index (χ1n) is 14.0. The van der Waals surface area contributed by atoms with Gasteiger partial charge in [-0.2, -0.15) is 15.0 Å². The molecule has 0 radical (unpaired) electrons. The van der Waals surface area contributed by atoms with Crippen molar-refractivity contribution in [1.29, 1.82) is 0 Å². The monoisotopic (exact) mass is 526 g/mol. The number of carbonyl (C=O) groups excluding carboxylic acids is 1. The number of carbonyl (C=O) groups is 1. The Hall–Kier alpha value is -3.02. The van der Waals surface area contributed by atoms with E-state index in [9.17, 15) is 4.79 Å². The van der Waals surface area contributed by atoms with Crippen LogP contribution in [0.4, 0.5) is 17.8 Å². The molecule has 38 heavy (non-hydrogen) atoms. The van der Waals surface area contributed by atoms with Gasteiger partial charge in [0.1, 0.15) is 0 Å².